The summed E-state index contributed by atoms with van der Waals surface area (Å²) in [7, 11) is 0. The van der Waals surface area contributed by atoms with Crippen LogP contribution in [-0.2, 0) is 12.8 Å². The minimum absolute atomic E-state index is 0.202. The Balaban J connectivity index is 2.04. The van der Waals surface area contributed by atoms with E-state index in [4.69, 9.17) is 5.73 Å². The molecule has 0 amide bonds. The van der Waals surface area contributed by atoms with Crippen molar-refractivity contribution in [3.63, 3.8) is 0 Å². The maximum absolute atomic E-state index is 13.3. The Morgan fingerprint density at radius 3 is 2.48 bits per heavy atom. The van der Waals surface area contributed by atoms with Crippen molar-refractivity contribution >= 4 is 10.9 Å². The first-order chi connectivity index (χ1) is 12.2. The highest BCUT2D eigenvalue weighted by Gasteiger charge is 2.13. The van der Waals surface area contributed by atoms with Crippen LogP contribution in [0.25, 0.3) is 22.2 Å². The number of benzene rings is 2. The van der Waals surface area contributed by atoms with Crippen LogP contribution in [0.2, 0.25) is 0 Å². The van der Waals surface area contributed by atoms with Crippen LogP contribution < -0.4 is 5.73 Å². The molecule has 0 atom stereocenters. The Bertz CT molecular complexity index is 818. The van der Waals surface area contributed by atoms with Gasteiger partial charge in [0.15, 0.2) is 0 Å². The molecule has 0 radical (unpaired) electrons. The number of aryl methyl sites for hydroxylation is 2. The summed E-state index contributed by atoms with van der Waals surface area (Å²) < 4.78 is 13.3. The lowest BCUT2D eigenvalue weighted by Gasteiger charge is -2.06. The molecule has 132 valence electrons. The van der Waals surface area contributed by atoms with Crippen LogP contribution in [0.3, 0.4) is 0 Å². The van der Waals surface area contributed by atoms with Crippen molar-refractivity contribution in [3.05, 3.63) is 59.4 Å². The van der Waals surface area contributed by atoms with Gasteiger partial charge in [0.1, 0.15) is 5.82 Å². The molecular formula is C22H27FN2. The van der Waals surface area contributed by atoms with Gasteiger partial charge in [-0.1, -0.05) is 19.4 Å². The molecule has 0 bridgehead atoms. The molecule has 0 aliphatic rings. The van der Waals surface area contributed by atoms with E-state index >= 15 is 0 Å². The second-order valence-electron chi connectivity index (χ2n) is 6.71. The van der Waals surface area contributed by atoms with Gasteiger partial charge in [-0.15, -0.1) is 0 Å². The number of nitrogens with one attached hydrogen (secondary N) is 1. The standard InChI is InChI=1S/C22H27FN2/c1-2-3-6-16-8-13-21-20(15-16)19(7-4-5-14-24)22(25-21)17-9-11-18(23)12-10-17/h8-13,15,25H,2-7,14,24H2,1H3. The van der Waals surface area contributed by atoms with Gasteiger partial charge in [-0.05, 0) is 91.7 Å². The molecule has 0 unspecified atom stereocenters. The molecule has 0 fully saturated rings. The van der Waals surface area contributed by atoms with E-state index in [0.29, 0.717) is 0 Å². The van der Waals surface area contributed by atoms with Gasteiger partial charge in [-0.2, -0.15) is 0 Å². The summed E-state index contributed by atoms with van der Waals surface area (Å²) in [6.45, 7) is 2.94. The highest BCUT2D eigenvalue weighted by atomic mass is 19.1. The Morgan fingerprint density at radius 2 is 1.76 bits per heavy atom. The molecule has 1 heterocycles. The zero-order valence-corrected chi connectivity index (χ0v) is 14.9. The number of aromatic nitrogens is 1. The third-order valence-electron chi connectivity index (χ3n) is 4.80. The Morgan fingerprint density at radius 1 is 0.960 bits per heavy atom. The number of aromatic amines is 1. The highest BCUT2D eigenvalue weighted by Crippen LogP contribution is 2.32. The predicted octanol–water partition coefficient (Wildman–Crippen LogP) is 5.60. The number of rotatable bonds is 8. The molecule has 3 N–H and O–H groups in total. The van der Waals surface area contributed by atoms with E-state index < -0.39 is 0 Å². The van der Waals surface area contributed by atoms with Crippen molar-refractivity contribution in [3.8, 4) is 11.3 Å². The fourth-order valence-corrected chi connectivity index (χ4v) is 3.40. The van der Waals surface area contributed by atoms with Crippen LogP contribution >= 0.6 is 0 Å². The van der Waals surface area contributed by atoms with Crippen molar-refractivity contribution in [1.29, 1.82) is 0 Å². The van der Waals surface area contributed by atoms with E-state index in [2.05, 4.69) is 30.1 Å². The molecule has 3 rings (SSSR count). The molecule has 25 heavy (non-hydrogen) atoms. The summed E-state index contributed by atoms with van der Waals surface area (Å²) in [5.74, 6) is -0.202. The van der Waals surface area contributed by atoms with E-state index in [1.54, 1.807) is 0 Å². The van der Waals surface area contributed by atoms with Crippen molar-refractivity contribution in [2.24, 2.45) is 5.73 Å². The summed E-state index contributed by atoms with van der Waals surface area (Å²) in [6.07, 6.45) is 6.60. The summed E-state index contributed by atoms with van der Waals surface area (Å²) >= 11 is 0. The molecular weight excluding hydrogens is 311 g/mol. The third kappa shape index (κ3) is 4.10. The smallest absolute Gasteiger partial charge is 0.123 e. The summed E-state index contributed by atoms with van der Waals surface area (Å²) in [6, 6.07) is 13.5. The minimum atomic E-state index is -0.202. The first-order valence-electron chi connectivity index (χ1n) is 9.32. The number of H-pyrrole nitrogens is 1. The first-order valence-corrected chi connectivity index (χ1v) is 9.32. The third-order valence-corrected chi connectivity index (χ3v) is 4.80. The highest BCUT2D eigenvalue weighted by molar-refractivity contribution is 5.91. The summed E-state index contributed by atoms with van der Waals surface area (Å²) in [4.78, 5) is 3.56. The average Bonchev–Trinajstić information content (AvgIpc) is 2.99. The number of halogens is 1. The van der Waals surface area contributed by atoms with Gasteiger partial charge < -0.3 is 10.7 Å². The van der Waals surface area contributed by atoms with E-state index in [-0.39, 0.29) is 5.82 Å². The van der Waals surface area contributed by atoms with Crippen LogP contribution in [0, 0.1) is 5.82 Å². The van der Waals surface area contributed by atoms with E-state index in [1.807, 2.05) is 12.1 Å². The first kappa shape index (κ1) is 17.7. The van der Waals surface area contributed by atoms with E-state index in [0.717, 1.165) is 49.0 Å². The van der Waals surface area contributed by atoms with Crippen LogP contribution in [0.5, 0.6) is 0 Å². The van der Waals surface area contributed by atoms with Gasteiger partial charge in [-0.3, -0.25) is 0 Å². The maximum atomic E-state index is 13.3. The molecule has 0 aliphatic heterocycles. The van der Waals surface area contributed by atoms with Crippen molar-refractivity contribution in [1.82, 2.24) is 4.98 Å². The molecule has 3 heteroatoms. The monoisotopic (exact) mass is 338 g/mol. The number of fused-ring (bicyclic) bond motifs is 1. The van der Waals surface area contributed by atoms with Gasteiger partial charge >= 0.3 is 0 Å². The molecule has 0 aliphatic carbocycles. The second-order valence-corrected chi connectivity index (χ2v) is 6.71. The molecule has 1 aromatic heterocycles. The Kier molecular flexibility index (Phi) is 5.87. The molecule has 0 spiro atoms. The lowest BCUT2D eigenvalue weighted by molar-refractivity contribution is 0.628. The maximum Gasteiger partial charge on any atom is 0.123 e. The van der Waals surface area contributed by atoms with Crippen molar-refractivity contribution in [2.75, 3.05) is 6.54 Å². The Hall–Kier alpha value is -2.13. The molecule has 0 saturated carbocycles. The Labute approximate surface area is 149 Å². The van der Waals surface area contributed by atoms with Crippen molar-refractivity contribution in [2.45, 2.75) is 45.4 Å². The normalized spacial score (nSPS) is 11.3. The van der Waals surface area contributed by atoms with Crippen LogP contribution in [0.4, 0.5) is 4.39 Å². The van der Waals surface area contributed by atoms with Gasteiger partial charge in [0.05, 0.1) is 0 Å². The van der Waals surface area contributed by atoms with Gasteiger partial charge in [0, 0.05) is 16.6 Å². The van der Waals surface area contributed by atoms with Crippen LogP contribution in [-0.4, -0.2) is 11.5 Å². The topological polar surface area (TPSA) is 41.8 Å². The number of nitrogens with two attached hydrogens (primary N) is 1. The predicted molar refractivity (Wildman–Crippen MR) is 104 cm³/mol. The lowest BCUT2D eigenvalue weighted by atomic mass is 9.98. The zero-order valence-electron chi connectivity index (χ0n) is 14.9. The molecule has 3 aromatic rings. The fourth-order valence-electron chi connectivity index (χ4n) is 3.40. The van der Waals surface area contributed by atoms with Gasteiger partial charge in [0.25, 0.3) is 0 Å². The van der Waals surface area contributed by atoms with Crippen LogP contribution in [0.15, 0.2) is 42.5 Å². The molecule has 2 nitrogen and oxygen atoms in total. The zero-order chi connectivity index (χ0) is 17.6. The SMILES string of the molecule is CCCCc1ccc2[nH]c(-c3ccc(F)cc3)c(CCCCN)c2c1. The van der Waals surface area contributed by atoms with Gasteiger partial charge in [-0.25, -0.2) is 4.39 Å². The van der Waals surface area contributed by atoms with E-state index in [1.165, 1.54) is 41.5 Å². The van der Waals surface area contributed by atoms with Gasteiger partial charge in [0.2, 0.25) is 0 Å². The fraction of sp³-hybridized carbons (Fsp3) is 0.364. The molecule has 0 saturated heterocycles. The average molecular weight is 338 g/mol. The quantitative estimate of drug-likeness (QED) is 0.516. The number of hydrogen-bond acceptors (Lipinski definition) is 1. The largest absolute Gasteiger partial charge is 0.354 e. The second kappa shape index (κ2) is 8.30. The lowest BCUT2D eigenvalue weighted by Crippen LogP contribution is -1.99. The molecule has 2 aromatic carbocycles. The van der Waals surface area contributed by atoms with Crippen molar-refractivity contribution < 1.29 is 4.39 Å². The number of hydrogen-bond donors (Lipinski definition) is 2. The van der Waals surface area contributed by atoms with Crippen LogP contribution in [0.1, 0.15) is 43.7 Å². The number of unbranched alkanes of at least 4 members (excludes halogenated alkanes) is 2. The summed E-state index contributed by atoms with van der Waals surface area (Å²) in [5, 5.41) is 1.30. The minimum Gasteiger partial charge on any atom is -0.354 e. The summed E-state index contributed by atoms with van der Waals surface area (Å²) in [5.41, 5.74) is 11.7. The van der Waals surface area contributed by atoms with E-state index in [9.17, 15) is 4.39 Å².